The lowest BCUT2D eigenvalue weighted by molar-refractivity contribution is -0.125. The minimum Gasteiger partial charge on any atom is -0.355 e. The Labute approximate surface area is 199 Å². The van der Waals surface area contributed by atoms with Crippen LogP contribution in [0.4, 0.5) is 10.1 Å². The van der Waals surface area contributed by atoms with Crippen molar-refractivity contribution in [2.75, 3.05) is 25.5 Å². The summed E-state index contributed by atoms with van der Waals surface area (Å²) in [5.74, 6) is -2.04. The average Bonchev–Trinajstić information content (AvgIpc) is 3.04. The van der Waals surface area contributed by atoms with Gasteiger partial charge in [-0.3, -0.25) is 9.59 Å². The summed E-state index contributed by atoms with van der Waals surface area (Å²) in [6, 6.07) is 3.79. The van der Waals surface area contributed by atoms with Crippen molar-refractivity contribution in [3.8, 4) is 0 Å². The van der Waals surface area contributed by atoms with Gasteiger partial charge < -0.3 is 10.6 Å². The van der Waals surface area contributed by atoms with E-state index in [1.165, 1.54) is 18.4 Å². The van der Waals surface area contributed by atoms with Gasteiger partial charge in [0.2, 0.25) is 5.91 Å². The van der Waals surface area contributed by atoms with Crippen LogP contribution >= 0.6 is 34.5 Å². The van der Waals surface area contributed by atoms with Crippen LogP contribution in [0.1, 0.15) is 40.6 Å². The largest absolute Gasteiger partial charge is 0.355 e. The fourth-order valence-electron chi connectivity index (χ4n) is 3.52. The van der Waals surface area contributed by atoms with E-state index in [-0.39, 0.29) is 35.3 Å². The number of hydrogen-bond donors (Lipinski definition) is 3. The number of rotatable bonds is 6. The normalized spacial score (nSPS) is 16.0. The third kappa shape index (κ3) is 4.50. The van der Waals surface area contributed by atoms with Crippen molar-refractivity contribution in [3.63, 3.8) is 0 Å². The van der Waals surface area contributed by atoms with Gasteiger partial charge in [-0.15, -0.1) is 11.3 Å². The minimum absolute atomic E-state index is 0.00337. The molecule has 0 unspecified atom stereocenters. The molecule has 0 radical (unpaired) electrons. The zero-order valence-corrected chi connectivity index (χ0v) is 20.5. The quantitative estimate of drug-likeness (QED) is 0.539. The molecule has 1 aromatic heterocycles. The fourth-order valence-corrected chi connectivity index (χ4v) is 6.04. The SMILES string of the molecule is CNC(=O)c1cc(Cl)c(F)cc1NC(=O)C1(c2sc(Cl)cc2C(C)C)CN(S(N)(=O)=O)C1. The van der Waals surface area contributed by atoms with E-state index >= 15 is 0 Å². The standard InChI is InChI=1S/C19H21Cl2FN4O4S2/c1-9(2)10-5-15(21)31-16(10)19(7-26(8-19)32(23,29)30)18(28)25-14-6-13(22)12(20)4-11(14)17(27)24-3/h4-6,9H,7-8H2,1-3H3,(H,24,27)(H,25,28)(H2,23,29,30). The summed E-state index contributed by atoms with van der Waals surface area (Å²) in [6.45, 7) is 3.39. The van der Waals surface area contributed by atoms with Crippen molar-refractivity contribution in [2.45, 2.75) is 25.2 Å². The number of carbonyl (C=O) groups is 2. The van der Waals surface area contributed by atoms with Crippen LogP contribution in [-0.4, -0.2) is 44.7 Å². The van der Waals surface area contributed by atoms with Gasteiger partial charge in [0.1, 0.15) is 11.2 Å². The third-order valence-electron chi connectivity index (χ3n) is 5.25. The zero-order valence-electron chi connectivity index (χ0n) is 17.3. The van der Waals surface area contributed by atoms with Crippen molar-refractivity contribution in [2.24, 2.45) is 5.14 Å². The van der Waals surface area contributed by atoms with Crippen molar-refractivity contribution in [1.82, 2.24) is 9.62 Å². The number of anilines is 1. The molecule has 1 aromatic carbocycles. The highest BCUT2D eigenvalue weighted by Gasteiger charge is 2.56. The first-order valence-electron chi connectivity index (χ1n) is 9.40. The number of nitrogens with two attached hydrogens (primary N) is 1. The van der Waals surface area contributed by atoms with Gasteiger partial charge >= 0.3 is 0 Å². The molecule has 174 valence electrons. The van der Waals surface area contributed by atoms with Crippen LogP contribution in [0.25, 0.3) is 0 Å². The predicted molar refractivity (Wildman–Crippen MR) is 123 cm³/mol. The van der Waals surface area contributed by atoms with Crippen LogP contribution in [0.5, 0.6) is 0 Å². The van der Waals surface area contributed by atoms with E-state index in [4.69, 9.17) is 28.3 Å². The summed E-state index contributed by atoms with van der Waals surface area (Å²) < 4.78 is 39.2. The minimum atomic E-state index is -4.03. The number of carbonyl (C=O) groups excluding carboxylic acids is 2. The van der Waals surface area contributed by atoms with Crippen LogP contribution in [0.15, 0.2) is 18.2 Å². The molecule has 3 rings (SSSR count). The summed E-state index contributed by atoms with van der Waals surface area (Å²) in [7, 11) is -2.65. The number of nitrogens with one attached hydrogen (secondary N) is 2. The number of hydrogen-bond acceptors (Lipinski definition) is 5. The van der Waals surface area contributed by atoms with E-state index in [1.807, 2.05) is 13.8 Å². The van der Waals surface area contributed by atoms with E-state index in [0.29, 0.717) is 9.21 Å². The van der Waals surface area contributed by atoms with Gasteiger partial charge in [0, 0.05) is 25.0 Å². The van der Waals surface area contributed by atoms with E-state index in [9.17, 15) is 22.4 Å². The Kier molecular flexibility index (Phi) is 6.90. The summed E-state index contributed by atoms with van der Waals surface area (Å²) in [4.78, 5) is 26.4. The van der Waals surface area contributed by atoms with Crippen LogP contribution in [0, 0.1) is 5.82 Å². The van der Waals surface area contributed by atoms with Gasteiger partial charge in [-0.05, 0) is 29.7 Å². The summed E-state index contributed by atoms with van der Waals surface area (Å²) in [5.41, 5.74) is -0.672. The Morgan fingerprint density at radius 1 is 1.25 bits per heavy atom. The number of halogens is 3. The predicted octanol–water partition coefficient (Wildman–Crippen LogP) is 3.07. The van der Waals surface area contributed by atoms with E-state index in [2.05, 4.69) is 10.6 Å². The molecule has 0 bridgehead atoms. The Morgan fingerprint density at radius 2 is 1.88 bits per heavy atom. The highest BCUT2D eigenvalue weighted by Crippen LogP contribution is 2.46. The monoisotopic (exact) mass is 522 g/mol. The van der Waals surface area contributed by atoms with Gasteiger partial charge in [-0.2, -0.15) is 12.7 Å². The molecule has 2 amide bonds. The maximum atomic E-state index is 14.1. The molecule has 32 heavy (non-hydrogen) atoms. The van der Waals surface area contributed by atoms with Gasteiger partial charge in [-0.1, -0.05) is 37.0 Å². The molecule has 1 aliphatic heterocycles. The molecule has 2 heterocycles. The molecule has 8 nitrogen and oxygen atoms in total. The van der Waals surface area contributed by atoms with Crippen molar-refractivity contribution < 1.29 is 22.4 Å². The molecule has 0 saturated carbocycles. The molecule has 1 saturated heterocycles. The van der Waals surface area contributed by atoms with E-state index < -0.39 is 33.3 Å². The highest BCUT2D eigenvalue weighted by molar-refractivity contribution is 7.86. The average molecular weight is 523 g/mol. The molecule has 1 aliphatic rings. The number of thiophene rings is 1. The number of benzene rings is 1. The molecule has 0 aliphatic carbocycles. The van der Waals surface area contributed by atoms with Crippen LogP contribution in [-0.2, 0) is 20.4 Å². The van der Waals surface area contributed by atoms with Gasteiger partial charge in [-0.25, -0.2) is 9.53 Å². The summed E-state index contributed by atoms with van der Waals surface area (Å²) in [6.07, 6.45) is 0. The Balaban J connectivity index is 2.08. The second-order valence-electron chi connectivity index (χ2n) is 7.73. The fraction of sp³-hybridized carbons (Fsp3) is 0.368. The molecule has 2 aromatic rings. The first kappa shape index (κ1) is 24.9. The molecule has 0 spiro atoms. The molecular weight excluding hydrogens is 502 g/mol. The Hall–Kier alpha value is -1.76. The number of amides is 2. The van der Waals surface area contributed by atoms with Crippen molar-refractivity contribution in [3.05, 3.63) is 49.4 Å². The van der Waals surface area contributed by atoms with Gasteiger partial charge in [0.15, 0.2) is 0 Å². The van der Waals surface area contributed by atoms with Crippen molar-refractivity contribution >= 4 is 62.2 Å². The Morgan fingerprint density at radius 3 is 2.41 bits per heavy atom. The number of nitrogens with zero attached hydrogens (tertiary/aromatic N) is 1. The zero-order chi connectivity index (χ0) is 24.0. The van der Waals surface area contributed by atoms with Crippen LogP contribution in [0.3, 0.4) is 0 Å². The molecule has 4 N–H and O–H groups in total. The Bertz CT molecular complexity index is 1190. The third-order valence-corrected chi connectivity index (χ3v) is 8.01. The molecule has 0 atom stereocenters. The maximum absolute atomic E-state index is 14.1. The van der Waals surface area contributed by atoms with E-state index in [0.717, 1.165) is 22.0 Å². The highest BCUT2D eigenvalue weighted by atomic mass is 35.5. The van der Waals surface area contributed by atoms with Gasteiger partial charge in [0.25, 0.3) is 16.1 Å². The van der Waals surface area contributed by atoms with E-state index in [1.54, 1.807) is 6.07 Å². The van der Waals surface area contributed by atoms with Crippen LogP contribution < -0.4 is 15.8 Å². The molecule has 13 heteroatoms. The van der Waals surface area contributed by atoms with Gasteiger partial charge in [0.05, 0.1) is 20.6 Å². The first-order chi connectivity index (χ1) is 14.8. The molecule has 1 fully saturated rings. The summed E-state index contributed by atoms with van der Waals surface area (Å²) >= 11 is 13.2. The lowest BCUT2D eigenvalue weighted by atomic mass is 9.76. The summed E-state index contributed by atoms with van der Waals surface area (Å²) in [5, 5.41) is 9.94. The maximum Gasteiger partial charge on any atom is 0.276 e. The smallest absolute Gasteiger partial charge is 0.276 e. The molecular formula is C19H21Cl2FN4O4S2. The topological polar surface area (TPSA) is 122 Å². The van der Waals surface area contributed by atoms with Crippen LogP contribution in [0.2, 0.25) is 9.36 Å². The lowest BCUT2D eigenvalue weighted by Crippen LogP contribution is -2.67. The second kappa shape index (κ2) is 8.88. The first-order valence-corrected chi connectivity index (χ1v) is 12.5. The van der Waals surface area contributed by atoms with Crippen molar-refractivity contribution in [1.29, 1.82) is 0 Å². The second-order valence-corrected chi connectivity index (χ2v) is 11.4. The lowest BCUT2D eigenvalue weighted by Gasteiger charge is -2.47.